The van der Waals surface area contributed by atoms with Gasteiger partial charge in [0.15, 0.2) is 0 Å². The molecule has 0 N–H and O–H groups in total. The first-order chi connectivity index (χ1) is 59.0. The van der Waals surface area contributed by atoms with Crippen molar-refractivity contribution in [3.05, 3.63) is 407 Å². The number of hydrogen-bond donors (Lipinski definition) is 0. The minimum Gasteiger partial charge on any atom is -0.307 e. The van der Waals surface area contributed by atoms with E-state index in [9.17, 15) is 0 Å². The summed E-state index contributed by atoms with van der Waals surface area (Å²) in [6, 6.07) is 133. The Bertz CT molecular complexity index is 8730. The molecule has 0 fully saturated rings. The van der Waals surface area contributed by atoms with Gasteiger partial charge in [0.2, 0.25) is 0 Å². The third kappa shape index (κ3) is 10.9. The first kappa shape index (κ1) is 67.4. The molecule has 9 heteroatoms. The van der Waals surface area contributed by atoms with Gasteiger partial charge in [-0.1, -0.05) is 267 Å². The van der Waals surface area contributed by atoms with Crippen LogP contribution in [0.5, 0.6) is 0 Å². The standard InChI is InChI=1S/2C38H23N3.C34H21N3/c1-2-9-27-23-36-33(21-26(27)8-1)31-11-5-6-12-34(31)41(36)35-18-17-30(37-38(35)40-20-19-39-37)28-16-15-25-14-13-24-7-3-4-10-29(24)32(25)22-28;1-2-9-26-23-36-33(22-25(26)8-1)32-11-5-6-12-34(32)41(36)35-18-17-31(37-38(35)40-20-19-39-37)28-15-16-30-27(21-28)14-13-24-7-3-4-10-29(24)30;1-2-10-24-21-32-29(20-23(24)9-1)27-13-5-6-15-30(27)37(32)31-17-16-28(33-34(31)36-19-18-35-33)26-14-7-11-22-8-3-4-12-25(22)26/h2*1-23H;1-21H. The van der Waals surface area contributed by atoms with Crippen LogP contribution in [0.25, 0.3) is 235 Å². The predicted octanol–water partition coefficient (Wildman–Crippen LogP) is 28.4. The van der Waals surface area contributed by atoms with E-state index in [2.05, 4.69) is 384 Å². The molecule has 0 aliphatic heterocycles. The molecule has 119 heavy (non-hydrogen) atoms. The molecule has 0 atom stereocenters. The lowest BCUT2D eigenvalue weighted by atomic mass is 9.96. The van der Waals surface area contributed by atoms with Gasteiger partial charge in [0.25, 0.3) is 0 Å². The lowest BCUT2D eigenvalue weighted by Crippen LogP contribution is -1.99. The van der Waals surface area contributed by atoms with Crippen LogP contribution in [0.15, 0.2) is 407 Å². The summed E-state index contributed by atoms with van der Waals surface area (Å²) < 4.78 is 7.05. The number of benzene rings is 20. The Kier molecular flexibility index (Phi) is 15.5. The van der Waals surface area contributed by atoms with E-state index in [4.69, 9.17) is 29.9 Å². The van der Waals surface area contributed by atoms with Crippen LogP contribution in [0.4, 0.5) is 0 Å². The molecule has 0 unspecified atom stereocenters. The zero-order valence-corrected chi connectivity index (χ0v) is 64.2. The van der Waals surface area contributed by atoms with Crippen LogP contribution in [0.1, 0.15) is 0 Å². The summed E-state index contributed by atoms with van der Waals surface area (Å²) in [4.78, 5) is 29.4. The molecule has 0 spiro atoms. The molecule has 0 aliphatic rings. The van der Waals surface area contributed by atoms with Crippen molar-refractivity contribution in [2.45, 2.75) is 0 Å². The molecule has 6 aromatic heterocycles. The van der Waals surface area contributed by atoms with Gasteiger partial charge in [0, 0.05) is 86.2 Å². The summed E-state index contributed by atoms with van der Waals surface area (Å²) in [6.07, 6.45) is 10.8. The second-order valence-corrected chi connectivity index (χ2v) is 30.8. The first-order valence-electron chi connectivity index (χ1n) is 40.3. The molecule has 9 nitrogen and oxygen atoms in total. The lowest BCUT2D eigenvalue weighted by molar-refractivity contribution is 1.17. The lowest BCUT2D eigenvalue weighted by Gasteiger charge is -2.14. The second-order valence-electron chi connectivity index (χ2n) is 30.8. The summed E-state index contributed by atoms with van der Waals surface area (Å²) in [7, 11) is 0. The molecule has 0 saturated carbocycles. The second kappa shape index (κ2) is 27.3. The monoisotopic (exact) mass is 1510 g/mol. The van der Waals surface area contributed by atoms with Gasteiger partial charge in [0.05, 0.1) is 66.7 Å². The Balaban J connectivity index is 0.000000102. The van der Waals surface area contributed by atoms with Crippen molar-refractivity contribution in [1.82, 2.24) is 43.6 Å². The highest BCUT2D eigenvalue weighted by Gasteiger charge is 2.24. The zero-order valence-electron chi connectivity index (χ0n) is 64.2. The summed E-state index contributed by atoms with van der Waals surface area (Å²) in [6.45, 7) is 0. The van der Waals surface area contributed by atoms with Crippen LogP contribution in [0.2, 0.25) is 0 Å². The van der Waals surface area contributed by atoms with E-state index in [1.165, 1.54) is 141 Å². The predicted molar refractivity (Wildman–Crippen MR) is 498 cm³/mol. The van der Waals surface area contributed by atoms with Gasteiger partial charge in [0.1, 0.15) is 16.6 Å². The van der Waals surface area contributed by atoms with Crippen LogP contribution >= 0.6 is 0 Å². The number of fused-ring (bicyclic) bond motifs is 22. The fourth-order valence-corrected chi connectivity index (χ4v) is 18.9. The Hall–Kier alpha value is -16.1. The SMILES string of the molecule is c1ccc2cc3c(cc2c1)c1ccccc1n3-c1ccc(-c2ccc3c(ccc4ccccc43)c2)c2nccnc12.c1ccc2cc3c(cc2c1)c1ccccc1n3-c1ccc(-c2ccc3ccc4ccccc4c3c2)c2nccnc12.c1ccc2cc3c(cc2c1)c1ccccc1n3-c1ccc(-c2cccc3ccccc23)c2nccnc12. The molecule has 0 radical (unpaired) electrons. The quantitative estimate of drug-likeness (QED) is 0.154. The highest BCUT2D eigenvalue weighted by molar-refractivity contribution is 6.20. The maximum Gasteiger partial charge on any atom is 0.113 e. The van der Waals surface area contributed by atoms with Gasteiger partial charge in [-0.3, -0.25) is 29.9 Å². The van der Waals surface area contributed by atoms with Crippen molar-refractivity contribution in [1.29, 1.82) is 0 Å². The topological polar surface area (TPSA) is 92.1 Å². The molecule has 20 aromatic carbocycles. The van der Waals surface area contributed by atoms with Gasteiger partial charge >= 0.3 is 0 Å². The minimum absolute atomic E-state index is 0.888. The Morgan fingerprint density at radius 1 is 0.143 bits per heavy atom. The molecule has 6 heterocycles. The highest BCUT2D eigenvalue weighted by Crippen LogP contribution is 2.45. The molecule has 0 bridgehead atoms. The Morgan fingerprint density at radius 2 is 0.437 bits per heavy atom. The van der Waals surface area contributed by atoms with Crippen molar-refractivity contribution >= 4 is 185 Å². The number of hydrogen-bond acceptors (Lipinski definition) is 6. The van der Waals surface area contributed by atoms with E-state index < -0.39 is 0 Å². The van der Waals surface area contributed by atoms with Crippen LogP contribution in [-0.2, 0) is 0 Å². The molecular formula is C110H67N9. The van der Waals surface area contributed by atoms with E-state index in [0.717, 1.165) is 94.5 Å². The molecule has 0 amide bonds. The third-order valence-corrected chi connectivity index (χ3v) is 24.3. The summed E-state index contributed by atoms with van der Waals surface area (Å²) in [5.41, 5.74) is 22.2. The van der Waals surface area contributed by atoms with E-state index in [-0.39, 0.29) is 0 Å². The van der Waals surface area contributed by atoms with Gasteiger partial charge in [-0.2, -0.15) is 0 Å². The average Bonchev–Trinajstić information content (AvgIpc) is 1.61. The van der Waals surface area contributed by atoms with Crippen LogP contribution in [0.3, 0.4) is 0 Å². The molecule has 552 valence electrons. The summed E-state index contributed by atoms with van der Waals surface area (Å²) >= 11 is 0. The molecule has 26 aromatic rings. The Morgan fingerprint density at radius 3 is 0.882 bits per heavy atom. The number of aromatic nitrogens is 9. The van der Waals surface area contributed by atoms with Gasteiger partial charge in [-0.05, 0) is 206 Å². The zero-order chi connectivity index (χ0) is 78.2. The van der Waals surface area contributed by atoms with Crippen LogP contribution in [0, 0.1) is 0 Å². The number of para-hydroxylation sites is 3. The van der Waals surface area contributed by atoms with Crippen LogP contribution in [-0.4, -0.2) is 43.6 Å². The minimum atomic E-state index is 0.888. The van der Waals surface area contributed by atoms with Gasteiger partial charge < -0.3 is 13.7 Å². The molecule has 0 aliphatic carbocycles. The molecule has 0 saturated heterocycles. The number of nitrogens with zero attached hydrogens (tertiary/aromatic N) is 9. The maximum atomic E-state index is 4.93. The first-order valence-corrected chi connectivity index (χ1v) is 40.3. The summed E-state index contributed by atoms with van der Waals surface area (Å²) in [5.74, 6) is 0. The van der Waals surface area contributed by atoms with Crippen molar-refractivity contribution in [2.75, 3.05) is 0 Å². The average molecular weight is 1510 g/mol. The van der Waals surface area contributed by atoms with Gasteiger partial charge in [-0.25, -0.2) is 0 Å². The fourth-order valence-electron chi connectivity index (χ4n) is 18.9. The van der Waals surface area contributed by atoms with Crippen molar-refractivity contribution in [2.24, 2.45) is 0 Å². The Labute approximate surface area is 681 Å². The number of rotatable bonds is 6. The van der Waals surface area contributed by atoms with E-state index >= 15 is 0 Å². The summed E-state index contributed by atoms with van der Waals surface area (Å²) in [5, 5.41) is 27.2. The third-order valence-electron chi connectivity index (χ3n) is 24.3. The van der Waals surface area contributed by atoms with E-state index in [1.54, 1.807) is 37.2 Å². The van der Waals surface area contributed by atoms with Crippen molar-refractivity contribution < 1.29 is 0 Å². The molecule has 26 rings (SSSR count). The van der Waals surface area contributed by atoms with Crippen molar-refractivity contribution in [3.8, 4) is 50.4 Å². The highest BCUT2D eigenvalue weighted by atomic mass is 15.0. The smallest absolute Gasteiger partial charge is 0.113 e. The molecular weight excluding hydrogens is 1450 g/mol. The van der Waals surface area contributed by atoms with Crippen LogP contribution < -0.4 is 0 Å². The largest absolute Gasteiger partial charge is 0.307 e. The van der Waals surface area contributed by atoms with Gasteiger partial charge in [-0.15, -0.1) is 0 Å². The van der Waals surface area contributed by atoms with E-state index in [1.807, 2.05) is 0 Å². The van der Waals surface area contributed by atoms with E-state index in [0.29, 0.717) is 0 Å². The maximum absolute atomic E-state index is 4.93. The normalized spacial score (nSPS) is 11.9. The fraction of sp³-hybridized carbons (Fsp3) is 0. The van der Waals surface area contributed by atoms with Crippen molar-refractivity contribution in [3.63, 3.8) is 0 Å².